The monoisotopic (exact) mass is 608 g/mol. The van der Waals surface area contributed by atoms with Gasteiger partial charge < -0.3 is 17.3 Å². The van der Waals surface area contributed by atoms with E-state index in [0.29, 0.717) is 35.3 Å². The van der Waals surface area contributed by atoms with Crippen LogP contribution in [0, 0.1) is 42.9 Å². The molecule has 0 spiro atoms. The van der Waals surface area contributed by atoms with Crippen LogP contribution in [0.1, 0.15) is 18.9 Å². The summed E-state index contributed by atoms with van der Waals surface area (Å²) in [6, 6.07) is 10.8. The van der Waals surface area contributed by atoms with Crippen LogP contribution in [0.3, 0.4) is 0 Å². The molecular weight excluding hydrogens is 571 g/mol. The Kier molecular flexibility index (Phi) is 10.6. The van der Waals surface area contributed by atoms with Crippen LogP contribution < -0.4 is 0 Å². The second kappa shape index (κ2) is 13.5. The summed E-state index contributed by atoms with van der Waals surface area (Å²) in [6.45, 7) is 7.55. The van der Waals surface area contributed by atoms with Crippen molar-refractivity contribution in [3.05, 3.63) is 121 Å². The predicted octanol–water partition coefficient (Wildman–Crippen LogP) is 8.83. The van der Waals surface area contributed by atoms with Crippen molar-refractivity contribution >= 4 is 26.8 Å². The molecule has 1 aliphatic heterocycles. The number of halogens is 2. The summed E-state index contributed by atoms with van der Waals surface area (Å²) in [5, 5.41) is 5.42. The molecule has 0 aromatic heterocycles. The Bertz CT molecular complexity index is 1210. The number of hydrogen-bond acceptors (Lipinski definition) is 1. The molecule has 204 valence electrons. The van der Waals surface area contributed by atoms with E-state index in [2.05, 4.69) is 128 Å². The molecule has 7 atom stereocenters. The maximum atomic E-state index is 5.42. The number of fused-ring (bicyclic) bond motifs is 4. The first kappa shape index (κ1) is 30.6. The van der Waals surface area contributed by atoms with E-state index in [1.54, 1.807) is 0 Å². The second-order valence-corrected chi connectivity index (χ2v) is 18.2. The van der Waals surface area contributed by atoms with Gasteiger partial charge in [0.05, 0.1) is 0 Å². The quantitative estimate of drug-likeness (QED) is 0.190. The fraction of sp³-hybridized carbons (Fsp3) is 0.364. The Balaban J connectivity index is 0.000000845. The van der Waals surface area contributed by atoms with Crippen LogP contribution in [0.2, 0.25) is 18.6 Å². The van der Waals surface area contributed by atoms with E-state index in [0.717, 1.165) is 17.6 Å². The van der Waals surface area contributed by atoms with Crippen molar-refractivity contribution in [2.24, 2.45) is 23.7 Å². The molecule has 0 radical (unpaired) electrons. The molecule has 6 heteroatoms. The van der Waals surface area contributed by atoms with Gasteiger partial charge in [0.25, 0.3) is 0 Å². The van der Waals surface area contributed by atoms with Crippen LogP contribution in [-0.4, -0.2) is 31.1 Å². The van der Waals surface area contributed by atoms with Gasteiger partial charge in [0.2, 0.25) is 0 Å². The van der Waals surface area contributed by atoms with E-state index in [9.17, 15) is 0 Å². The van der Waals surface area contributed by atoms with Gasteiger partial charge in [-0.1, -0.05) is 136 Å². The Labute approximate surface area is 253 Å². The molecule has 6 rings (SSSR count). The van der Waals surface area contributed by atoms with Crippen LogP contribution in [0.15, 0.2) is 103 Å². The average Bonchev–Trinajstić information content (AvgIpc) is 3.50. The van der Waals surface area contributed by atoms with Gasteiger partial charge in [0.1, 0.15) is 8.24 Å². The van der Waals surface area contributed by atoms with E-state index >= 15 is 0 Å². The predicted molar refractivity (Wildman–Crippen MR) is 167 cm³/mol. The number of nitrogens with zero attached hydrogens (tertiary/aromatic N) is 2. The third-order valence-electron chi connectivity index (χ3n) is 8.89. The van der Waals surface area contributed by atoms with Crippen molar-refractivity contribution < 1.29 is 17.0 Å². The Morgan fingerprint density at radius 1 is 0.846 bits per heavy atom. The zero-order chi connectivity index (χ0) is 26.7. The van der Waals surface area contributed by atoms with E-state index in [1.807, 2.05) is 6.07 Å². The second-order valence-electron chi connectivity index (χ2n) is 11.1. The average molecular weight is 610 g/mol. The number of rotatable bonds is 3. The summed E-state index contributed by atoms with van der Waals surface area (Å²) in [5.41, 5.74) is 2.89. The minimum atomic E-state index is -1.92. The Morgan fingerprint density at radius 2 is 1.41 bits per heavy atom. The first-order chi connectivity index (χ1) is 18.5. The SMILES string of the molecule is CC[C@H]1[N-]C2C(C#Cc3ccccc3)=CC=C[C@H]2N1[Si](C)(C)C1C2C=CC=CC2C2C=CC=CC21.[CH3-].[Cl][Ti][Cl]. The summed E-state index contributed by atoms with van der Waals surface area (Å²) in [7, 11) is 7.86. The Hall–Kier alpha value is -1.35. The normalized spacial score (nSPS) is 33.4. The molecule has 0 bridgehead atoms. The van der Waals surface area contributed by atoms with Gasteiger partial charge in [-0.3, -0.25) is 0 Å². The number of allylic oxidation sites excluding steroid dienone is 10. The molecule has 1 saturated carbocycles. The molecule has 2 fully saturated rings. The molecule has 4 aliphatic carbocycles. The van der Waals surface area contributed by atoms with Crippen molar-refractivity contribution in [2.75, 3.05) is 0 Å². The fourth-order valence-corrected chi connectivity index (χ4v) is 12.4. The molecular formula is C33H38Cl2N2SiTi-2. The van der Waals surface area contributed by atoms with Gasteiger partial charge >= 0.3 is 35.6 Å². The van der Waals surface area contributed by atoms with Crippen molar-refractivity contribution in [1.29, 1.82) is 0 Å². The zero-order valence-corrected chi connectivity index (χ0v) is 27.3. The van der Waals surface area contributed by atoms with Gasteiger partial charge in [-0.25, -0.2) is 0 Å². The van der Waals surface area contributed by atoms with Gasteiger partial charge in [0.15, 0.2) is 0 Å². The van der Waals surface area contributed by atoms with Crippen LogP contribution >= 0.6 is 18.6 Å². The van der Waals surface area contributed by atoms with Gasteiger partial charge in [-0.15, -0.1) is 0 Å². The summed E-state index contributed by atoms with van der Waals surface area (Å²) >= 11 is -0.556. The van der Waals surface area contributed by atoms with E-state index in [-0.39, 0.29) is 19.6 Å². The molecule has 1 saturated heterocycles. The van der Waals surface area contributed by atoms with Crippen molar-refractivity contribution in [3.63, 3.8) is 0 Å². The van der Waals surface area contributed by atoms with E-state index in [1.165, 1.54) is 0 Å². The molecule has 2 nitrogen and oxygen atoms in total. The molecule has 39 heavy (non-hydrogen) atoms. The summed E-state index contributed by atoms with van der Waals surface area (Å²) in [6.07, 6.45) is 27.2. The van der Waals surface area contributed by atoms with Crippen LogP contribution in [0.4, 0.5) is 0 Å². The van der Waals surface area contributed by atoms with Crippen LogP contribution in [0.25, 0.3) is 5.32 Å². The molecule has 0 amide bonds. The standard InChI is InChI=1S/C32H35N2Si.CH3.2ClH.Ti/c1-4-30-33-31-24(22-21-23-13-6-5-7-14-23)15-12-20-29(31)34(30)35(2,3)32-27-18-10-8-16-25(27)26-17-9-11-19-28(26)32;;;;/h5-20,25-32H,4H2,1-3H3;1H3;2*1H;/q2*-1;;;+2/p-2/t25?,26?,27?,28?,29-,30+,31?,32?;;;;/m1..../s1. The van der Waals surface area contributed by atoms with Gasteiger partial charge in [-0.05, 0) is 46.9 Å². The zero-order valence-electron chi connectivity index (χ0n) is 23.2. The number of benzene rings is 1. The molecule has 5 aliphatic rings. The molecule has 5 unspecified atom stereocenters. The fourth-order valence-electron chi connectivity index (χ4n) is 7.52. The topological polar surface area (TPSA) is 17.3 Å². The molecule has 1 heterocycles. The maximum absolute atomic E-state index is 5.42. The number of hydrogen-bond donors (Lipinski definition) is 0. The molecule has 1 aromatic rings. The van der Waals surface area contributed by atoms with Crippen LogP contribution in [-0.2, 0) is 17.0 Å². The minimum absolute atomic E-state index is 0. The van der Waals surface area contributed by atoms with E-state index in [4.69, 9.17) is 23.9 Å². The summed E-state index contributed by atoms with van der Waals surface area (Å²) in [4.78, 5) is 0. The van der Waals surface area contributed by atoms with E-state index < -0.39 is 25.3 Å². The van der Waals surface area contributed by atoms with Crippen molar-refractivity contribution in [2.45, 2.75) is 50.2 Å². The van der Waals surface area contributed by atoms with Crippen molar-refractivity contribution in [3.8, 4) is 11.8 Å². The first-order valence-electron chi connectivity index (χ1n) is 13.6. The molecule has 1 aromatic carbocycles. The first-order valence-corrected chi connectivity index (χ1v) is 20.9. The van der Waals surface area contributed by atoms with Crippen molar-refractivity contribution in [1.82, 2.24) is 4.57 Å². The van der Waals surface area contributed by atoms with Crippen LogP contribution in [0.5, 0.6) is 0 Å². The van der Waals surface area contributed by atoms with Gasteiger partial charge in [-0.2, -0.15) is 0 Å². The van der Waals surface area contributed by atoms with Gasteiger partial charge in [0, 0.05) is 11.6 Å². The third-order valence-corrected chi connectivity index (χ3v) is 13.2. The summed E-state index contributed by atoms with van der Waals surface area (Å²) in [5.74, 6) is 9.35. The Morgan fingerprint density at radius 3 is 1.97 bits per heavy atom. The third kappa shape index (κ3) is 6.00. The summed E-state index contributed by atoms with van der Waals surface area (Å²) < 4.78 is 2.88. The molecule has 0 N–H and O–H groups in total.